The van der Waals surface area contributed by atoms with Gasteiger partial charge in [-0.05, 0) is 36.8 Å². The van der Waals surface area contributed by atoms with E-state index < -0.39 is 5.91 Å². The van der Waals surface area contributed by atoms with E-state index in [1.54, 1.807) is 12.1 Å². The fourth-order valence-corrected chi connectivity index (χ4v) is 2.70. The third-order valence-electron chi connectivity index (χ3n) is 3.98. The average Bonchev–Trinajstić information content (AvgIpc) is 3.03. The number of amides is 2. The van der Waals surface area contributed by atoms with Crippen molar-refractivity contribution in [3.8, 4) is 0 Å². The first-order valence-electron chi connectivity index (χ1n) is 8.50. The SMILES string of the molecule is Cc1ccc(CNC(=O)c2nnn(CC(=O)Nc3ccc(Br)cc3)c2N)cc1. The summed E-state index contributed by atoms with van der Waals surface area (Å²) in [4.78, 5) is 24.5. The topological polar surface area (TPSA) is 115 Å². The van der Waals surface area contributed by atoms with Crippen molar-refractivity contribution < 1.29 is 9.59 Å². The highest BCUT2D eigenvalue weighted by Crippen LogP contribution is 2.14. The van der Waals surface area contributed by atoms with Crippen LogP contribution in [0.1, 0.15) is 21.6 Å². The number of anilines is 2. The minimum absolute atomic E-state index is 0.0106. The van der Waals surface area contributed by atoms with E-state index in [1.165, 1.54) is 4.68 Å². The maximum absolute atomic E-state index is 12.3. The summed E-state index contributed by atoms with van der Waals surface area (Å²) in [6.45, 7) is 2.18. The summed E-state index contributed by atoms with van der Waals surface area (Å²) in [7, 11) is 0. The Bertz CT molecular complexity index is 983. The molecule has 3 rings (SSSR count). The lowest BCUT2D eigenvalue weighted by molar-refractivity contribution is -0.116. The van der Waals surface area contributed by atoms with Crippen molar-refractivity contribution in [3.63, 3.8) is 0 Å². The molecule has 0 unspecified atom stereocenters. The van der Waals surface area contributed by atoms with Crippen LogP contribution in [0.15, 0.2) is 53.0 Å². The highest BCUT2D eigenvalue weighted by atomic mass is 79.9. The zero-order valence-corrected chi connectivity index (χ0v) is 16.7. The Kier molecular flexibility index (Phi) is 6.05. The molecule has 1 heterocycles. The largest absolute Gasteiger partial charge is 0.382 e. The van der Waals surface area contributed by atoms with Crippen molar-refractivity contribution in [1.82, 2.24) is 20.3 Å². The van der Waals surface area contributed by atoms with E-state index in [0.717, 1.165) is 15.6 Å². The number of halogens is 1. The van der Waals surface area contributed by atoms with Gasteiger partial charge < -0.3 is 16.4 Å². The molecule has 0 saturated carbocycles. The summed E-state index contributed by atoms with van der Waals surface area (Å²) in [6.07, 6.45) is 0. The molecule has 1 aromatic heterocycles. The van der Waals surface area contributed by atoms with Crippen molar-refractivity contribution in [2.75, 3.05) is 11.1 Å². The van der Waals surface area contributed by atoms with E-state index in [0.29, 0.717) is 12.2 Å². The van der Waals surface area contributed by atoms with Crippen LogP contribution in [-0.2, 0) is 17.9 Å². The maximum Gasteiger partial charge on any atom is 0.275 e. The van der Waals surface area contributed by atoms with Gasteiger partial charge in [0.1, 0.15) is 6.54 Å². The van der Waals surface area contributed by atoms with E-state index in [2.05, 4.69) is 36.9 Å². The monoisotopic (exact) mass is 442 g/mol. The first-order valence-corrected chi connectivity index (χ1v) is 9.30. The number of carbonyl (C=O) groups excluding carboxylic acids is 2. The number of hydrogen-bond acceptors (Lipinski definition) is 5. The molecule has 4 N–H and O–H groups in total. The minimum atomic E-state index is -0.447. The zero-order chi connectivity index (χ0) is 20.1. The summed E-state index contributed by atoms with van der Waals surface area (Å²) < 4.78 is 2.10. The number of nitrogens with zero attached hydrogens (tertiary/aromatic N) is 3. The lowest BCUT2D eigenvalue weighted by Crippen LogP contribution is -2.25. The number of rotatable bonds is 6. The van der Waals surface area contributed by atoms with Gasteiger partial charge in [-0.1, -0.05) is 51.0 Å². The van der Waals surface area contributed by atoms with Crippen LogP contribution in [0.5, 0.6) is 0 Å². The van der Waals surface area contributed by atoms with Crippen molar-refractivity contribution in [2.45, 2.75) is 20.0 Å². The Labute approximate surface area is 170 Å². The van der Waals surface area contributed by atoms with Gasteiger partial charge in [-0.3, -0.25) is 9.59 Å². The van der Waals surface area contributed by atoms with Crippen LogP contribution in [-0.4, -0.2) is 26.8 Å². The summed E-state index contributed by atoms with van der Waals surface area (Å²) in [6, 6.07) is 15.0. The van der Waals surface area contributed by atoms with Gasteiger partial charge in [-0.15, -0.1) is 5.10 Å². The number of aromatic nitrogens is 3. The standard InChI is InChI=1S/C19H19BrN6O2/c1-12-2-4-13(5-3-12)10-22-19(28)17-18(21)26(25-24-17)11-16(27)23-15-8-6-14(20)7-9-15/h2-9H,10-11,21H2,1H3,(H,22,28)(H,23,27). The fraction of sp³-hybridized carbons (Fsp3) is 0.158. The van der Waals surface area contributed by atoms with Gasteiger partial charge in [-0.2, -0.15) is 0 Å². The fourth-order valence-electron chi connectivity index (χ4n) is 2.44. The zero-order valence-electron chi connectivity index (χ0n) is 15.1. The second-order valence-electron chi connectivity index (χ2n) is 6.20. The van der Waals surface area contributed by atoms with E-state index in [9.17, 15) is 9.59 Å². The van der Waals surface area contributed by atoms with E-state index in [4.69, 9.17) is 5.73 Å². The molecule has 0 atom stereocenters. The molecule has 3 aromatic rings. The Morgan fingerprint density at radius 1 is 1.11 bits per heavy atom. The first-order chi connectivity index (χ1) is 13.4. The average molecular weight is 443 g/mol. The highest BCUT2D eigenvalue weighted by molar-refractivity contribution is 9.10. The quantitative estimate of drug-likeness (QED) is 0.542. The Balaban J connectivity index is 1.59. The first kappa shape index (κ1) is 19.6. The molecule has 0 aliphatic carbocycles. The van der Waals surface area contributed by atoms with Crippen LogP contribution in [0.25, 0.3) is 0 Å². The lowest BCUT2D eigenvalue weighted by Gasteiger charge is -2.07. The van der Waals surface area contributed by atoms with Crippen molar-refractivity contribution in [1.29, 1.82) is 0 Å². The van der Waals surface area contributed by atoms with E-state index in [1.807, 2.05) is 43.3 Å². The van der Waals surface area contributed by atoms with Crippen LogP contribution in [0.3, 0.4) is 0 Å². The van der Waals surface area contributed by atoms with Crippen LogP contribution < -0.4 is 16.4 Å². The third kappa shape index (κ3) is 4.95. The van der Waals surface area contributed by atoms with Crippen LogP contribution in [0.2, 0.25) is 0 Å². The number of aryl methyl sites for hydroxylation is 1. The second kappa shape index (κ2) is 8.66. The van der Waals surface area contributed by atoms with Gasteiger partial charge in [0.25, 0.3) is 5.91 Å². The Morgan fingerprint density at radius 2 is 1.79 bits per heavy atom. The second-order valence-corrected chi connectivity index (χ2v) is 7.12. The summed E-state index contributed by atoms with van der Waals surface area (Å²) in [5.41, 5.74) is 8.68. The number of nitrogens with two attached hydrogens (primary N) is 1. The highest BCUT2D eigenvalue weighted by Gasteiger charge is 2.18. The molecule has 2 amide bonds. The van der Waals surface area contributed by atoms with Crippen molar-refractivity contribution in [3.05, 3.63) is 69.8 Å². The minimum Gasteiger partial charge on any atom is -0.382 e. The lowest BCUT2D eigenvalue weighted by atomic mass is 10.1. The molecule has 0 saturated heterocycles. The van der Waals surface area contributed by atoms with Gasteiger partial charge in [-0.25, -0.2) is 4.68 Å². The molecular formula is C19H19BrN6O2. The molecule has 9 heteroatoms. The van der Waals surface area contributed by atoms with Crippen molar-refractivity contribution in [2.24, 2.45) is 0 Å². The molecule has 0 radical (unpaired) electrons. The predicted molar refractivity (Wildman–Crippen MR) is 110 cm³/mol. The summed E-state index contributed by atoms with van der Waals surface area (Å²) in [5, 5.41) is 13.1. The summed E-state index contributed by atoms with van der Waals surface area (Å²) >= 11 is 3.33. The Hall–Kier alpha value is -3.20. The maximum atomic E-state index is 12.3. The van der Waals surface area contributed by atoms with Gasteiger partial charge in [0.05, 0.1) is 0 Å². The number of hydrogen-bond donors (Lipinski definition) is 3. The predicted octanol–water partition coefficient (Wildman–Crippen LogP) is 2.50. The third-order valence-corrected chi connectivity index (χ3v) is 4.51. The normalized spacial score (nSPS) is 10.5. The van der Waals surface area contributed by atoms with Gasteiger partial charge in [0.15, 0.2) is 11.5 Å². The van der Waals surface area contributed by atoms with E-state index in [-0.39, 0.29) is 24.0 Å². The molecule has 0 spiro atoms. The molecule has 0 aliphatic heterocycles. The Morgan fingerprint density at radius 3 is 2.46 bits per heavy atom. The number of nitrogen functional groups attached to an aromatic ring is 1. The number of carbonyl (C=O) groups is 2. The number of benzene rings is 2. The van der Waals surface area contributed by atoms with Gasteiger partial charge in [0, 0.05) is 16.7 Å². The molecular weight excluding hydrogens is 424 g/mol. The van der Waals surface area contributed by atoms with Crippen LogP contribution in [0.4, 0.5) is 11.5 Å². The molecule has 8 nitrogen and oxygen atoms in total. The molecule has 0 bridgehead atoms. The summed E-state index contributed by atoms with van der Waals surface area (Å²) in [5.74, 6) is -0.740. The van der Waals surface area contributed by atoms with Crippen LogP contribution >= 0.6 is 15.9 Å². The molecule has 0 aliphatic rings. The molecule has 0 fully saturated rings. The molecule has 2 aromatic carbocycles. The van der Waals surface area contributed by atoms with Gasteiger partial charge in [0.2, 0.25) is 5.91 Å². The molecule has 144 valence electrons. The van der Waals surface area contributed by atoms with Crippen LogP contribution in [0, 0.1) is 6.92 Å². The smallest absolute Gasteiger partial charge is 0.275 e. The molecule has 28 heavy (non-hydrogen) atoms. The number of nitrogens with one attached hydrogen (secondary N) is 2. The van der Waals surface area contributed by atoms with Gasteiger partial charge >= 0.3 is 0 Å². The van der Waals surface area contributed by atoms with Crippen molar-refractivity contribution >= 4 is 39.2 Å². The van der Waals surface area contributed by atoms with E-state index >= 15 is 0 Å².